The third-order valence-electron chi connectivity index (χ3n) is 2.14. The van der Waals surface area contributed by atoms with Crippen molar-refractivity contribution in [2.45, 2.75) is 6.54 Å². The molecule has 3 N–H and O–H groups in total. The Morgan fingerprint density at radius 3 is 3.00 bits per heavy atom. The van der Waals surface area contributed by atoms with Crippen LogP contribution in [0.3, 0.4) is 0 Å². The molecule has 1 heterocycles. The largest absolute Gasteiger partial charge is 0.504 e. The van der Waals surface area contributed by atoms with E-state index in [4.69, 9.17) is 4.74 Å². The molecule has 0 radical (unpaired) electrons. The minimum absolute atomic E-state index is 0.000495. The molecule has 7 heteroatoms. The van der Waals surface area contributed by atoms with Crippen molar-refractivity contribution in [3.8, 4) is 11.5 Å². The molecule has 18 heavy (non-hydrogen) atoms. The number of hydrogen-bond acceptors (Lipinski definition) is 5. The molecule has 1 amide bonds. The van der Waals surface area contributed by atoms with E-state index in [1.807, 2.05) is 0 Å². The Kier molecular flexibility index (Phi) is 3.75. The predicted molar refractivity (Wildman–Crippen MR) is 61.8 cm³/mol. The van der Waals surface area contributed by atoms with Crippen LogP contribution in [0, 0.1) is 0 Å². The Bertz CT molecular complexity index is 513. The second-order valence-corrected chi connectivity index (χ2v) is 3.47. The highest BCUT2D eigenvalue weighted by atomic mass is 16.5. The van der Waals surface area contributed by atoms with Crippen LogP contribution in [0.1, 0.15) is 5.82 Å². The molecule has 0 aliphatic rings. The molecular formula is C11H12N4O3. The molecule has 0 atom stereocenters. The summed E-state index contributed by atoms with van der Waals surface area (Å²) in [6.45, 7) is 0.0781. The number of nitrogens with one attached hydrogen (secondary N) is 2. The van der Waals surface area contributed by atoms with Gasteiger partial charge in [0.25, 0.3) is 5.91 Å². The summed E-state index contributed by atoms with van der Waals surface area (Å²) in [5.74, 6) is 0.522. The molecule has 7 nitrogen and oxygen atoms in total. The maximum absolute atomic E-state index is 11.4. The van der Waals surface area contributed by atoms with Crippen LogP contribution in [-0.2, 0) is 11.3 Å². The number of aromatic nitrogens is 3. The van der Waals surface area contributed by atoms with Crippen molar-refractivity contribution in [3.05, 3.63) is 36.4 Å². The van der Waals surface area contributed by atoms with E-state index in [1.165, 1.54) is 12.4 Å². The lowest BCUT2D eigenvalue weighted by atomic mass is 10.3. The van der Waals surface area contributed by atoms with Gasteiger partial charge in [-0.25, -0.2) is 4.98 Å². The first-order valence-corrected chi connectivity index (χ1v) is 5.27. The van der Waals surface area contributed by atoms with Crippen LogP contribution in [-0.4, -0.2) is 32.8 Å². The first-order chi connectivity index (χ1) is 8.75. The number of H-pyrrole nitrogens is 1. The van der Waals surface area contributed by atoms with Crippen LogP contribution >= 0.6 is 0 Å². The predicted octanol–water partition coefficient (Wildman–Crippen LogP) is 0.205. The molecule has 0 saturated carbocycles. The van der Waals surface area contributed by atoms with Gasteiger partial charge in [0, 0.05) is 0 Å². The highest BCUT2D eigenvalue weighted by Gasteiger charge is 2.06. The van der Waals surface area contributed by atoms with Gasteiger partial charge in [-0.2, -0.15) is 5.10 Å². The molecule has 1 aromatic heterocycles. The standard InChI is InChI=1S/C11H12N4O3/c16-8-3-1-2-4-9(8)18-6-11(17)12-5-10-13-7-14-15-10/h1-4,7,16H,5-6H2,(H,12,17)(H,13,14,15). The van der Waals surface area contributed by atoms with Crippen molar-refractivity contribution in [2.75, 3.05) is 6.61 Å². The quantitative estimate of drug-likeness (QED) is 0.702. The van der Waals surface area contributed by atoms with Crippen molar-refractivity contribution in [1.82, 2.24) is 20.5 Å². The minimum Gasteiger partial charge on any atom is -0.504 e. The van der Waals surface area contributed by atoms with Gasteiger partial charge in [0.1, 0.15) is 12.2 Å². The maximum atomic E-state index is 11.4. The summed E-state index contributed by atoms with van der Waals surface area (Å²) in [5, 5.41) is 18.3. The van der Waals surface area contributed by atoms with E-state index in [-0.39, 0.29) is 30.6 Å². The zero-order valence-electron chi connectivity index (χ0n) is 9.46. The summed E-state index contributed by atoms with van der Waals surface area (Å²) in [6.07, 6.45) is 1.36. The number of aromatic amines is 1. The van der Waals surface area contributed by atoms with Crippen molar-refractivity contribution in [3.63, 3.8) is 0 Å². The van der Waals surface area contributed by atoms with E-state index in [0.717, 1.165) is 0 Å². The number of carbonyl (C=O) groups excluding carboxylic acids is 1. The topological polar surface area (TPSA) is 100 Å². The van der Waals surface area contributed by atoms with Crippen molar-refractivity contribution >= 4 is 5.91 Å². The summed E-state index contributed by atoms with van der Waals surface area (Å²) in [7, 11) is 0. The van der Waals surface area contributed by atoms with E-state index < -0.39 is 0 Å². The zero-order chi connectivity index (χ0) is 12.8. The highest BCUT2D eigenvalue weighted by Crippen LogP contribution is 2.23. The first-order valence-electron chi connectivity index (χ1n) is 5.27. The van der Waals surface area contributed by atoms with Crippen LogP contribution in [0.2, 0.25) is 0 Å². The number of phenols is 1. The van der Waals surface area contributed by atoms with E-state index >= 15 is 0 Å². The number of carbonyl (C=O) groups is 1. The number of rotatable bonds is 5. The molecule has 0 aliphatic heterocycles. The van der Waals surface area contributed by atoms with Crippen LogP contribution in [0.5, 0.6) is 11.5 Å². The molecular weight excluding hydrogens is 236 g/mol. The van der Waals surface area contributed by atoms with E-state index in [1.54, 1.807) is 18.2 Å². The summed E-state index contributed by atoms with van der Waals surface area (Å²) in [4.78, 5) is 15.3. The number of phenolic OH excluding ortho intramolecular Hbond substituents is 1. The van der Waals surface area contributed by atoms with Crippen molar-refractivity contribution < 1.29 is 14.6 Å². The summed E-state index contributed by atoms with van der Waals surface area (Å²) in [6, 6.07) is 6.45. The molecule has 1 aromatic carbocycles. The van der Waals surface area contributed by atoms with E-state index in [9.17, 15) is 9.90 Å². The Morgan fingerprint density at radius 2 is 2.28 bits per heavy atom. The van der Waals surface area contributed by atoms with Gasteiger partial charge in [0.05, 0.1) is 6.54 Å². The normalized spacial score (nSPS) is 10.0. The fourth-order valence-corrected chi connectivity index (χ4v) is 1.27. The molecule has 2 rings (SSSR count). The van der Waals surface area contributed by atoms with Crippen LogP contribution in [0.4, 0.5) is 0 Å². The number of benzene rings is 1. The molecule has 0 fully saturated rings. The Hall–Kier alpha value is -2.57. The van der Waals surface area contributed by atoms with Crippen LogP contribution in [0.25, 0.3) is 0 Å². The fourth-order valence-electron chi connectivity index (χ4n) is 1.27. The molecule has 0 saturated heterocycles. The summed E-state index contributed by atoms with van der Waals surface area (Å²) < 4.78 is 5.16. The smallest absolute Gasteiger partial charge is 0.258 e. The number of nitrogens with zero attached hydrogens (tertiary/aromatic N) is 2. The average molecular weight is 248 g/mol. The molecule has 0 aliphatic carbocycles. The van der Waals surface area contributed by atoms with Crippen LogP contribution < -0.4 is 10.1 Å². The maximum Gasteiger partial charge on any atom is 0.258 e. The second kappa shape index (κ2) is 5.67. The fraction of sp³-hybridized carbons (Fsp3) is 0.182. The van der Waals surface area contributed by atoms with Gasteiger partial charge in [0.2, 0.25) is 0 Å². The van der Waals surface area contributed by atoms with Crippen LogP contribution in [0.15, 0.2) is 30.6 Å². The number of amides is 1. The number of hydrogen-bond donors (Lipinski definition) is 3. The average Bonchev–Trinajstić information content (AvgIpc) is 2.88. The summed E-state index contributed by atoms with van der Waals surface area (Å²) in [5.41, 5.74) is 0. The van der Waals surface area contributed by atoms with Gasteiger partial charge in [0.15, 0.2) is 18.1 Å². The number of ether oxygens (including phenoxy) is 1. The van der Waals surface area contributed by atoms with Crippen molar-refractivity contribution in [2.24, 2.45) is 0 Å². The SMILES string of the molecule is O=C(COc1ccccc1O)NCc1ncn[nH]1. The minimum atomic E-state index is -0.311. The molecule has 0 spiro atoms. The number of para-hydroxylation sites is 2. The first kappa shape index (κ1) is 11.9. The third-order valence-corrected chi connectivity index (χ3v) is 2.14. The Balaban J connectivity index is 1.77. The molecule has 0 bridgehead atoms. The number of aromatic hydroxyl groups is 1. The van der Waals surface area contributed by atoms with Gasteiger partial charge < -0.3 is 15.2 Å². The molecule has 94 valence electrons. The summed E-state index contributed by atoms with van der Waals surface area (Å²) >= 11 is 0. The lowest BCUT2D eigenvalue weighted by molar-refractivity contribution is -0.123. The Labute approximate surface area is 103 Å². The second-order valence-electron chi connectivity index (χ2n) is 3.47. The van der Waals surface area contributed by atoms with Crippen molar-refractivity contribution in [1.29, 1.82) is 0 Å². The molecule has 2 aromatic rings. The zero-order valence-corrected chi connectivity index (χ0v) is 9.46. The van der Waals surface area contributed by atoms with Gasteiger partial charge in [-0.3, -0.25) is 9.89 Å². The third kappa shape index (κ3) is 3.21. The lowest BCUT2D eigenvalue weighted by Crippen LogP contribution is -2.28. The van der Waals surface area contributed by atoms with E-state index in [2.05, 4.69) is 20.5 Å². The monoisotopic (exact) mass is 248 g/mol. The molecule has 0 unspecified atom stereocenters. The van der Waals surface area contributed by atoms with Gasteiger partial charge in [-0.15, -0.1) is 0 Å². The highest BCUT2D eigenvalue weighted by molar-refractivity contribution is 5.77. The Morgan fingerprint density at radius 1 is 1.44 bits per heavy atom. The van der Waals surface area contributed by atoms with Gasteiger partial charge in [-0.1, -0.05) is 12.1 Å². The lowest BCUT2D eigenvalue weighted by Gasteiger charge is -2.07. The van der Waals surface area contributed by atoms with E-state index in [0.29, 0.717) is 5.82 Å². The van der Waals surface area contributed by atoms with Gasteiger partial charge >= 0.3 is 0 Å². The van der Waals surface area contributed by atoms with Gasteiger partial charge in [-0.05, 0) is 12.1 Å².